The van der Waals surface area contributed by atoms with E-state index in [2.05, 4.69) is 37.4 Å². The van der Waals surface area contributed by atoms with E-state index in [0.717, 1.165) is 23.4 Å². The second kappa shape index (κ2) is 6.92. The molecule has 0 aliphatic carbocycles. The van der Waals surface area contributed by atoms with Crippen molar-refractivity contribution in [1.29, 1.82) is 5.26 Å². The second-order valence-electron chi connectivity index (χ2n) is 5.22. The lowest BCUT2D eigenvalue weighted by Crippen LogP contribution is -2.22. The minimum absolute atomic E-state index is 0.422. The van der Waals surface area contributed by atoms with Crippen LogP contribution in [0.3, 0.4) is 0 Å². The van der Waals surface area contributed by atoms with Crippen molar-refractivity contribution in [3.63, 3.8) is 0 Å². The molecule has 0 amide bonds. The first kappa shape index (κ1) is 15.1. The molecule has 0 aliphatic rings. The lowest BCUT2D eigenvalue weighted by Gasteiger charge is -2.15. The topological polar surface area (TPSA) is 45.0 Å². The van der Waals surface area contributed by atoms with Crippen LogP contribution in [0.1, 0.15) is 25.0 Å². The van der Waals surface area contributed by atoms with Crippen molar-refractivity contribution in [2.75, 3.05) is 7.11 Å². The Morgan fingerprint density at radius 3 is 2.57 bits per heavy atom. The Labute approximate surface area is 126 Å². The highest BCUT2D eigenvalue weighted by molar-refractivity contribution is 5.74. The van der Waals surface area contributed by atoms with E-state index in [1.54, 1.807) is 13.2 Å². The number of hydrogen-bond acceptors (Lipinski definition) is 3. The van der Waals surface area contributed by atoms with E-state index < -0.39 is 0 Å². The Morgan fingerprint density at radius 2 is 1.90 bits per heavy atom. The number of nitrogens with zero attached hydrogens (tertiary/aromatic N) is 1. The molecule has 0 bridgehead atoms. The first-order valence-corrected chi connectivity index (χ1v) is 7.05. The normalized spacial score (nSPS) is 10.4. The van der Waals surface area contributed by atoms with Crippen LogP contribution < -0.4 is 10.1 Å². The van der Waals surface area contributed by atoms with Gasteiger partial charge in [-0.2, -0.15) is 5.26 Å². The maximum absolute atomic E-state index is 9.11. The van der Waals surface area contributed by atoms with Gasteiger partial charge < -0.3 is 10.1 Å². The Bertz CT molecular complexity index is 657. The minimum Gasteiger partial charge on any atom is -0.496 e. The molecule has 2 rings (SSSR count). The van der Waals surface area contributed by atoms with Crippen LogP contribution >= 0.6 is 0 Å². The fourth-order valence-corrected chi connectivity index (χ4v) is 2.24. The number of methoxy groups -OCH3 is 1. The van der Waals surface area contributed by atoms with E-state index in [0.29, 0.717) is 11.6 Å². The fraction of sp³-hybridized carbons (Fsp3) is 0.278. The molecule has 3 heteroatoms. The third-order valence-electron chi connectivity index (χ3n) is 3.34. The summed E-state index contributed by atoms with van der Waals surface area (Å²) in [4.78, 5) is 0. The van der Waals surface area contributed by atoms with E-state index in [1.165, 1.54) is 5.56 Å². The van der Waals surface area contributed by atoms with Gasteiger partial charge in [-0.25, -0.2) is 0 Å². The zero-order valence-electron chi connectivity index (χ0n) is 12.7. The van der Waals surface area contributed by atoms with Crippen LogP contribution in [0.2, 0.25) is 0 Å². The minimum atomic E-state index is 0.422. The van der Waals surface area contributed by atoms with Crippen molar-refractivity contribution in [2.45, 2.75) is 26.4 Å². The highest BCUT2D eigenvalue weighted by Crippen LogP contribution is 2.33. The molecule has 0 unspecified atom stereocenters. The Hall–Kier alpha value is -2.31. The average molecular weight is 280 g/mol. The first-order valence-electron chi connectivity index (χ1n) is 7.05. The Morgan fingerprint density at radius 1 is 1.14 bits per heavy atom. The molecule has 108 valence electrons. The monoisotopic (exact) mass is 280 g/mol. The molecule has 21 heavy (non-hydrogen) atoms. The second-order valence-corrected chi connectivity index (χ2v) is 5.22. The van der Waals surface area contributed by atoms with Gasteiger partial charge in [-0.3, -0.25) is 0 Å². The number of nitriles is 1. The molecule has 0 atom stereocenters. The number of nitrogens with one attached hydrogen (secondary N) is 1. The molecule has 0 fully saturated rings. The van der Waals surface area contributed by atoms with Crippen LogP contribution in [0.15, 0.2) is 42.5 Å². The molecule has 0 aromatic heterocycles. The van der Waals surface area contributed by atoms with Crippen molar-refractivity contribution in [3.8, 4) is 22.9 Å². The number of benzene rings is 2. The van der Waals surface area contributed by atoms with Gasteiger partial charge in [0.25, 0.3) is 0 Å². The zero-order chi connectivity index (χ0) is 15.2. The molecule has 0 saturated heterocycles. The van der Waals surface area contributed by atoms with Gasteiger partial charge in [0.15, 0.2) is 0 Å². The summed E-state index contributed by atoms with van der Waals surface area (Å²) in [6.45, 7) is 5.03. The number of hydrogen-bond donors (Lipinski definition) is 1. The van der Waals surface area contributed by atoms with Crippen molar-refractivity contribution in [2.24, 2.45) is 0 Å². The summed E-state index contributed by atoms with van der Waals surface area (Å²) in [6, 6.07) is 16.3. The Balaban J connectivity index is 2.48. The maximum atomic E-state index is 9.11. The average Bonchev–Trinajstić information content (AvgIpc) is 2.52. The quantitative estimate of drug-likeness (QED) is 0.907. The van der Waals surface area contributed by atoms with Gasteiger partial charge in [0.2, 0.25) is 0 Å². The van der Waals surface area contributed by atoms with Gasteiger partial charge in [0.05, 0.1) is 18.7 Å². The fourth-order valence-electron chi connectivity index (χ4n) is 2.24. The van der Waals surface area contributed by atoms with Gasteiger partial charge in [0.1, 0.15) is 5.75 Å². The Kier molecular flexibility index (Phi) is 4.97. The molecule has 3 nitrogen and oxygen atoms in total. The van der Waals surface area contributed by atoms with E-state index in [9.17, 15) is 0 Å². The van der Waals surface area contributed by atoms with Crippen molar-refractivity contribution in [3.05, 3.63) is 53.6 Å². The van der Waals surface area contributed by atoms with Crippen LogP contribution in [0.25, 0.3) is 11.1 Å². The number of ether oxygens (including phenoxy) is 1. The van der Waals surface area contributed by atoms with E-state index in [4.69, 9.17) is 10.00 Å². The highest BCUT2D eigenvalue weighted by atomic mass is 16.5. The largest absolute Gasteiger partial charge is 0.496 e. The molecule has 2 aromatic rings. The zero-order valence-corrected chi connectivity index (χ0v) is 12.7. The molecule has 0 aliphatic heterocycles. The van der Waals surface area contributed by atoms with Crippen molar-refractivity contribution in [1.82, 2.24) is 5.32 Å². The van der Waals surface area contributed by atoms with Crippen molar-refractivity contribution >= 4 is 0 Å². The van der Waals surface area contributed by atoms with Crippen LogP contribution in [-0.2, 0) is 6.54 Å². The SMILES string of the molecule is COc1ccc(C#N)cc1-c1ccccc1CNC(C)C. The summed E-state index contributed by atoms with van der Waals surface area (Å²) in [5.41, 5.74) is 3.88. The molecular formula is C18H20N2O. The van der Waals surface area contributed by atoms with Gasteiger partial charge in [0, 0.05) is 18.2 Å². The van der Waals surface area contributed by atoms with E-state index >= 15 is 0 Å². The third kappa shape index (κ3) is 3.62. The number of rotatable bonds is 5. The van der Waals surface area contributed by atoms with Gasteiger partial charge >= 0.3 is 0 Å². The molecule has 0 radical (unpaired) electrons. The predicted molar refractivity (Wildman–Crippen MR) is 85.1 cm³/mol. The third-order valence-corrected chi connectivity index (χ3v) is 3.34. The van der Waals surface area contributed by atoms with Crippen LogP contribution in [-0.4, -0.2) is 13.2 Å². The molecule has 2 aromatic carbocycles. The summed E-state index contributed by atoms with van der Waals surface area (Å²) in [6.07, 6.45) is 0. The van der Waals surface area contributed by atoms with Gasteiger partial charge in [-0.15, -0.1) is 0 Å². The predicted octanol–water partition coefficient (Wildman–Crippen LogP) is 3.73. The molecule has 0 heterocycles. The standard InChI is InChI=1S/C18H20N2O/c1-13(2)20-12-15-6-4-5-7-16(15)17-10-14(11-19)8-9-18(17)21-3/h4-10,13,20H,12H2,1-3H3. The maximum Gasteiger partial charge on any atom is 0.126 e. The lowest BCUT2D eigenvalue weighted by molar-refractivity contribution is 0.416. The summed E-state index contributed by atoms with van der Waals surface area (Å²) >= 11 is 0. The molecule has 0 spiro atoms. The highest BCUT2D eigenvalue weighted by Gasteiger charge is 2.11. The molecule has 0 saturated carbocycles. The van der Waals surface area contributed by atoms with Crippen LogP contribution in [0.5, 0.6) is 5.75 Å². The summed E-state index contributed by atoms with van der Waals surface area (Å²) in [5, 5.41) is 12.5. The summed E-state index contributed by atoms with van der Waals surface area (Å²) in [5.74, 6) is 0.783. The smallest absolute Gasteiger partial charge is 0.126 e. The van der Waals surface area contributed by atoms with Crippen molar-refractivity contribution < 1.29 is 4.74 Å². The summed E-state index contributed by atoms with van der Waals surface area (Å²) in [7, 11) is 1.65. The lowest BCUT2D eigenvalue weighted by atomic mass is 9.97. The first-order chi connectivity index (χ1) is 10.2. The van der Waals surface area contributed by atoms with Gasteiger partial charge in [-0.1, -0.05) is 38.1 Å². The molecule has 1 N–H and O–H groups in total. The van der Waals surface area contributed by atoms with E-state index in [-0.39, 0.29) is 0 Å². The molecular weight excluding hydrogens is 260 g/mol. The van der Waals surface area contributed by atoms with Crippen LogP contribution in [0.4, 0.5) is 0 Å². The van der Waals surface area contributed by atoms with Gasteiger partial charge in [-0.05, 0) is 29.3 Å². The van der Waals surface area contributed by atoms with Crippen LogP contribution in [0, 0.1) is 11.3 Å². The summed E-state index contributed by atoms with van der Waals surface area (Å²) < 4.78 is 5.45. The van der Waals surface area contributed by atoms with E-state index in [1.807, 2.05) is 24.3 Å².